The molecule has 0 saturated carbocycles. The van der Waals surface area contributed by atoms with E-state index in [2.05, 4.69) is 32.9 Å². The molecule has 0 aliphatic carbocycles. The molecule has 0 rings (SSSR count). The Morgan fingerprint density at radius 1 is 0.322 bits per heavy atom. The Balaban J connectivity index is 4.33. The van der Waals surface area contributed by atoms with Crippen LogP contribution in [-0.4, -0.2) is 37.2 Å². The van der Waals surface area contributed by atoms with Crippen LogP contribution in [0.4, 0.5) is 0 Å². The minimum atomic E-state index is -0.767. The molecule has 6 nitrogen and oxygen atoms in total. The first-order valence-corrected chi connectivity index (χ1v) is 26.2. The van der Waals surface area contributed by atoms with Crippen molar-refractivity contribution < 1.29 is 28.6 Å². The van der Waals surface area contributed by atoms with Gasteiger partial charge in [-0.05, 0) is 44.9 Å². The fraction of sp³-hybridized carbons (Fsp3) is 0.906. The Morgan fingerprint density at radius 2 is 0.559 bits per heavy atom. The molecule has 0 N–H and O–H groups in total. The third-order valence-corrected chi connectivity index (χ3v) is 11.8. The van der Waals surface area contributed by atoms with Gasteiger partial charge in [0.15, 0.2) is 6.10 Å². The number of unbranched alkanes of at least 4 members (excludes halogenated alkanes) is 35. The monoisotopic (exact) mass is 833 g/mol. The molecule has 0 bridgehead atoms. The first kappa shape index (κ1) is 57.1. The van der Waals surface area contributed by atoms with Crippen LogP contribution in [0.25, 0.3) is 0 Å². The van der Waals surface area contributed by atoms with Crippen molar-refractivity contribution in [1.29, 1.82) is 0 Å². The van der Waals surface area contributed by atoms with E-state index in [1.54, 1.807) is 0 Å². The highest BCUT2D eigenvalue weighted by Gasteiger charge is 2.19. The van der Waals surface area contributed by atoms with Crippen molar-refractivity contribution in [2.75, 3.05) is 13.2 Å². The van der Waals surface area contributed by atoms with Gasteiger partial charge in [-0.15, -0.1) is 0 Å². The SMILES string of the molecule is CCCCCC/C=C\CCCCCCCC(=O)OC(COC(=O)CCCCCCCCCCCCCCC)COC(=O)CCCCCCCCCCCCCCCCC. The van der Waals surface area contributed by atoms with Gasteiger partial charge in [-0.1, -0.05) is 238 Å². The van der Waals surface area contributed by atoms with Gasteiger partial charge in [-0.3, -0.25) is 14.4 Å². The third kappa shape index (κ3) is 47.1. The molecule has 1 unspecified atom stereocenters. The van der Waals surface area contributed by atoms with Crippen molar-refractivity contribution in [2.24, 2.45) is 0 Å². The number of allylic oxidation sites excluding steroid dienone is 2. The summed E-state index contributed by atoms with van der Waals surface area (Å²) in [6.45, 7) is 6.65. The molecular weight excluding hydrogens is 733 g/mol. The normalized spacial score (nSPS) is 12.0. The highest BCUT2D eigenvalue weighted by atomic mass is 16.6. The molecule has 6 heteroatoms. The summed E-state index contributed by atoms with van der Waals surface area (Å²) in [4.78, 5) is 37.9. The molecule has 0 amide bonds. The lowest BCUT2D eigenvalue weighted by molar-refractivity contribution is -0.167. The summed E-state index contributed by atoms with van der Waals surface area (Å²) >= 11 is 0. The average Bonchev–Trinajstić information content (AvgIpc) is 3.23. The van der Waals surface area contributed by atoms with E-state index in [0.717, 1.165) is 64.2 Å². The minimum Gasteiger partial charge on any atom is -0.462 e. The van der Waals surface area contributed by atoms with Gasteiger partial charge in [0.2, 0.25) is 0 Å². The van der Waals surface area contributed by atoms with Gasteiger partial charge in [-0.2, -0.15) is 0 Å². The van der Waals surface area contributed by atoms with Crippen molar-refractivity contribution in [3.63, 3.8) is 0 Å². The topological polar surface area (TPSA) is 78.9 Å². The lowest BCUT2D eigenvalue weighted by Gasteiger charge is -2.18. The second-order valence-electron chi connectivity index (χ2n) is 17.8. The lowest BCUT2D eigenvalue weighted by atomic mass is 10.0. The predicted octanol–water partition coefficient (Wildman–Crippen LogP) is 17.0. The third-order valence-electron chi connectivity index (χ3n) is 11.8. The fourth-order valence-corrected chi connectivity index (χ4v) is 7.79. The number of carbonyl (C=O) groups is 3. The lowest BCUT2D eigenvalue weighted by Crippen LogP contribution is -2.30. The van der Waals surface area contributed by atoms with E-state index >= 15 is 0 Å². The van der Waals surface area contributed by atoms with Gasteiger partial charge in [0.05, 0.1) is 0 Å². The average molecular weight is 833 g/mol. The van der Waals surface area contributed by atoms with E-state index in [-0.39, 0.29) is 31.1 Å². The van der Waals surface area contributed by atoms with Gasteiger partial charge in [-0.25, -0.2) is 0 Å². The van der Waals surface area contributed by atoms with Crippen molar-refractivity contribution in [3.8, 4) is 0 Å². The zero-order chi connectivity index (χ0) is 43.0. The summed E-state index contributed by atoms with van der Waals surface area (Å²) in [5.41, 5.74) is 0. The number of esters is 3. The Kier molecular flexibility index (Phi) is 47.3. The van der Waals surface area contributed by atoms with Crippen molar-refractivity contribution in [3.05, 3.63) is 12.2 Å². The maximum Gasteiger partial charge on any atom is 0.306 e. The van der Waals surface area contributed by atoms with E-state index in [0.29, 0.717) is 19.3 Å². The number of hydrogen-bond donors (Lipinski definition) is 0. The molecule has 0 spiro atoms. The molecule has 0 saturated heterocycles. The first-order valence-electron chi connectivity index (χ1n) is 26.2. The highest BCUT2D eigenvalue weighted by Crippen LogP contribution is 2.16. The highest BCUT2D eigenvalue weighted by molar-refractivity contribution is 5.71. The van der Waals surface area contributed by atoms with E-state index in [4.69, 9.17) is 14.2 Å². The Morgan fingerprint density at radius 3 is 0.864 bits per heavy atom. The Bertz CT molecular complexity index is 916. The Labute approximate surface area is 367 Å². The van der Waals surface area contributed by atoms with E-state index in [9.17, 15) is 14.4 Å². The molecule has 0 aromatic carbocycles. The molecule has 0 radical (unpaired) electrons. The van der Waals surface area contributed by atoms with Crippen molar-refractivity contribution >= 4 is 17.9 Å². The zero-order valence-corrected chi connectivity index (χ0v) is 39.8. The zero-order valence-electron chi connectivity index (χ0n) is 39.8. The molecule has 0 aromatic rings. The molecule has 0 fully saturated rings. The second-order valence-corrected chi connectivity index (χ2v) is 17.8. The van der Waals surface area contributed by atoms with E-state index in [1.807, 2.05) is 0 Å². The molecular formula is C53H100O6. The number of ether oxygens (including phenoxy) is 3. The summed E-state index contributed by atoms with van der Waals surface area (Å²) in [6, 6.07) is 0. The van der Waals surface area contributed by atoms with Gasteiger partial charge in [0.25, 0.3) is 0 Å². The quantitative estimate of drug-likeness (QED) is 0.0263. The maximum atomic E-state index is 12.8. The van der Waals surface area contributed by atoms with Gasteiger partial charge >= 0.3 is 17.9 Å². The summed E-state index contributed by atoms with van der Waals surface area (Å²) in [6.07, 6.45) is 53.3. The molecule has 0 aliphatic heterocycles. The van der Waals surface area contributed by atoms with E-state index in [1.165, 1.54) is 186 Å². The van der Waals surface area contributed by atoms with Crippen LogP contribution >= 0.6 is 0 Å². The molecule has 0 aliphatic rings. The number of hydrogen-bond acceptors (Lipinski definition) is 6. The first-order chi connectivity index (χ1) is 29.0. The smallest absolute Gasteiger partial charge is 0.306 e. The summed E-state index contributed by atoms with van der Waals surface area (Å²) in [5, 5.41) is 0. The predicted molar refractivity (Wildman–Crippen MR) is 252 cm³/mol. The van der Waals surface area contributed by atoms with Gasteiger partial charge in [0, 0.05) is 19.3 Å². The van der Waals surface area contributed by atoms with Crippen LogP contribution in [0.15, 0.2) is 12.2 Å². The Hall–Kier alpha value is -1.85. The summed E-state index contributed by atoms with van der Waals surface area (Å²) < 4.78 is 16.8. The largest absolute Gasteiger partial charge is 0.462 e. The van der Waals surface area contributed by atoms with Crippen LogP contribution in [0.1, 0.15) is 290 Å². The summed E-state index contributed by atoms with van der Waals surface area (Å²) in [5.74, 6) is -0.859. The summed E-state index contributed by atoms with van der Waals surface area (Å²) in [7, 11) is 0. The number of carbonyl (C=O) groups excluding carboxylic acids is 3. The number of rotatable bonds is 48. The maximum absolute atomic E-state index is 12.8. The molecule has 348 valence electrons. The van der Waals surface area contributed by atoms with Crippen molar-refractivity contribution in [1.82, 2.24) is 0 Å². The van der Waals surface area contributed by atoms with Crippen LogP contribution in [-0.2, 0) is 28.6 Å². The van der Waals surface area contributed by atoms with Crippen LogP contribution in [0.2, 0.25) is 0 Å². The second kappa shape index (κ2) is 48.8. The molecule has 1 atom stereocenters. The molecule has 0 aromatic heterocycles. The van der Waals surface area contributed by atoms with E-state index < -0.39 is 6.10 Å². The molecule has 59 heavy (non-hydrogen) atoms. The van der Waals surface area contributed by atoms with Crippen LogP contribution < -0.4 is 0 Å². The standard InChI is InChI=1S/C53H100O6/c1-4-7-10-13-16-19-22-25-26-29-31-34-37-40-43-46-52(55)58-49-50(59-53(56)47-44-41-38-35-32-28-24-21-18-15-12-9-6-3)48-57-51(54)45-42-39-36-33-30-27-23-20-17-14-11-8-5-2/h21,24,50H,4-20,22-23,25-49H2,1-3H3/b24-21-. The fourth-order valence-electron chi connectivity index (χ4n) is 7.79. The minimum absolute atomic E-state index is 0.0680. The van der Waals surface area contributed by atoms with Crippen molar-refractivity contribution in [2.45, 2.75) is 297 Å². The van der Waals surface area contributed by atoms with Crippen LogP contribution in [0.3, 0.4) is 0 Å². The van der Waals surface area contributed by atoms with Crippen LogP contribution in [0.5, 0.6) is 0 Å². The van der Waals surface area contributed by atoms with Crippen LogP contribution in [0, 0.1) is 0 Å². The van der Waals surface area contributed by atoms with Gasteiger partial charge in [0.1, 0.15) is 13.2 Å². The molecule has 0 heterocycles. The van der Waals surface area contributed by atoms with Gasteiger partial charge < -0.3 is 14.2 Å².